The molecule has 0 spiro atoms. The van der Waals surface area contributed by atoms with E-state index in [1.165, 1.54) is 19.3 Å². The highest BCUT2D eigenvalue weighted by atomic mass is 13.9. The van der Waals surface area contributed by atoms with Gasteiger partial charge in [-0.15, -0.1) is 0 Å². The lowest BCUT2D eigenvalue weighted by atomic mass is 10.2. The molecular weight excluding hydrogens is 96.1 g/mol. The second-order valence-corrected chi connectivity index (χ2v) is 1.94. The predicted octanol–water partition coefficient (Wildman–Crippen LogP) is 2.76. The SMILES string of the molecule is [CH]=CCCCCC[CH2]. The lowest BCUT2D eigenvalue weighted by Gasteiger charge is -1.91. The summed E-state index contributed by atoms with van der Waals surface area (Å²) in [7, 11) is 0. The van der Waals surface area contributed by atoms with E-state index < -0.39 is 0 Å². The van der Waals surface area contributed by atoms with Crippen molar-refractivity contribution in [1.29, 1.82) is 0 Å². The molecule has 8 heavy (non-hydrogen) atoms. The molecule has 0 aromatic rings. The van der Waals surface area contributed by atoms with Crippen molar-refractivity contribution >= 4 is 0 Å². The maximum atomic E-state index is 5.17. The van der Waals surface area contributed by atoms with Crippen LogP contribution < -0.4 is 0 Å². The van der Waals surface area contributed by atoms with Crippen LogP contribution in [0.2, 0.25) is 0 Å². The van der Waals surface area contributed by atoms with Crippen molar-refractivity contribution in [2.75, 3.05) is 0 Å². The van der Waals surface area contributed by atoms with Gasteiger partial charge >= 0.3 is 0 Å². The molecule has 0 aliphatic carbocycles. The van der Waals surface area contributed by atoms with Gasteiger partial charge in [-0.1, -0.05) is 38.8 Å². The zero-order chi connectivity index (χ0) is 6.24. The highest BCUT2D eigenvalue weighted by Crippen LogP contribution is 2.01. The molecule has 0 aromatic heterocycles. The van der Waals surface area contributed by atoms with Gasteiger partial charge in [-0.2, -0.15) is 0 Å². The van der Waals surface area contributed by atoms with Gasteiger partial charge in [0.15, 0.2) is 0 Å². The van der Waals surface area contributed by atoms with E-state index in [0.29, 0.717) is 0 Å². The second kappa shape index (κ2) is 6.74. The highest BCUT2D eigenvalue weighted by Gasteiger charge is 1.81. The number of hydrogen-bond acceptors (Lipinski definition) is 0. The van der Waals surface area contributed by atoms with Crippen LogP contribution in [0.15, 0.2) is 6.08 Å². The molecule has 0 saturated carbocycles. The van der Waals surface area contributed by atoms with Gasteiger partial charge in [0, 0.05) is 0 Å². The van der Waals surface area contributed by atoms with Crippen molar-refractivity contribution in [3.63, 3.8) is 0 Å². The van der Waals surface area contributed by atoms with Gasteiger partial charge in [0.05, 0.1) is 0 Å². The van der Waals surface area contributed by atoms with Gasteiger partial charge in [0.2, 0.25) is 0 Å². The van der Waals surface area contributed by atoms with E-state index in [1.54, 1.807) is 6.08 Å². The summed E-state index contributed by atoms with van der Waals surface area (Å²) in [6.45, 7) is 8.91. The van der Waals surface area contributed by atoms with E-state index in [4.69, 9.17) is 6.58 Å². The minimum absolute atomic E-state index is 1.06. The molecular formula is C8H14. The first-order valence-corrected chi connectivity index (χ1v) is 3.24. The van der Waals surface area contributed by atoms with Gasteiger partial charge in [-0.3, -0.25) is 0 Å². The van der Waals surface area contributed by atoms with Gasteiger partial charge in [-0.25, -0.2) is 0 Å². The smallest absolute Gasteiger partial charge is 0.0348 e. The number of unbranched alkanes of at least 4 members (excludes halogenated alkanes) is 4. The third-order valence-corrected chi connectivity index (χ3v) is 1.12. The molecule has 2 radical (unpaired) electrons. The minimum Gasteiger partial charge on any atom is -0.0845 e. The fraction of sp³-hybridized carbons (Fsp3) is 0.625. The Hall–Kier alpha value is -0.260. The zero-order valence-corrected chi connectivity index (χ0v) is 5.40. The Morgan fingerprint density at radius 1 is 1.25 bits per heavy atom. The van der Waals surface area contributed by atoms with E-state index in [1.807, 2.05) is 0 Å². The maximum absolute atomic E-state index is 5.17. The van der Waals surface area contributed by atoms with Gasteiger partial charge in [-0.05, 0) is 12.8 Å². The average Bonchev–Trinajstić information content (AvgIpc) is 1.81. The van der Waals surface area contributed by atoms with Crippen molar-refractivity contribution in [2.45, 2.75) is 32.1 Å². The molecule has 0 saturated heterocycles. The molecule has 0 heteroatoms. The second-order valence-electron chi connectivity index (χ2n) is 1.94. The molecule has 0 N–H and O–H groups in total. The quantitative estimate of drug-likeness (QED) is 0.477. The largest absolute Gasteiger partial charge is 0.0845 e. The van der Waals surface area contributed by atoms with Gasteiger partial charge < -0.3 is 0 Å². The maximum Gasteiger partial charge on any atom is -0.0348 e. The van der Waals surface area contributed by atoms with Crippen molar-refractivity contribution in [2.24, 2.45) is 0 Å². The summed E-state index contributed by atoms with van der Waals surface area (Å²) in [6.07, 6.45) is 7.59. The topological polar surface area (TPSA) is 0 Å². The number of hydrogen-bond donors (Lipinski definition) is 0. The Kier molecular flexibility index (Phi) is 6.52. The third-order valence-electron chi connectivity index (χ3n) is 1.12. The first-order chi connectivity index (χ1) is 3.91. The molecule has 0 amide bonds. The van der Waals surface area contributed by atoms with Crippen molar-refractivity contribution in [1.82, 2.24) is 0 Å². The van der Waals surface area contributed by atoms with E-state index in [-0.39, 0.29) is 0 Å². The summed E-state index contributed by atoms with van der Waals surface area (Å²) in [5, 5.41) is 0. The van der Waals surface area contributed by atoms with Crippen molar-refractivity contribution in [3.8, 4) is 0 Å². The first-order valence-electron chi connectivity index (χ1n) is 3.24. The van der Waals surface area contributed by atoms with Crippen LogP contribution in [0.4, 0.5) is 0 Å². The Morgan fingerprint density at radius 3 is 2.50 bits per heavy atom. The molecule has 0 atom stereocenters. The van der Waals surface area contributed by atoms with E-state index in [0.717, 1.165) is 12.8 Å². The van der Waals surface area contributed by atoms with Gasteiger partial charge in [0.25, 0.3) is 0 Å². The summed E-state index contributed by atoms with van der Waals surface area (Å²) in [4.78, 5) is 0. The molecule has 0 bridgehead atoms. The molecule has 46 valence electrons. The third kappa shape index (κ3) is 5.74. The van der Waals surface area contributed by atoms with Crippen LogP contribution in [0.5, 0.6) is 0 Å². The highest BCUT2D eigenvalue weighted by molar-refractivity contribution is 4.61. The summed E-state index contributed by atoms with van der Waals surface area (Å²) < 4.78 is 0. The molecule has 0 heterocycles. The minimum atomic E-state index is 1.06. The fourth-order valence-electron chi connectivity index (χ4n) is 0.616. The molecule has 0 aromatic carbocycles. The predicted molar refractivity (Wildman–Crippen MR) is 37.3 cm³/mol. The van der Waals surface area contributed by atoms with E-state index in [2.05, 4.69) is 6.92 Å². The van der Waals surface area contributed by atoms with Crippen LogP contribution in [0.1, 0.15) is 32.1 Å². The van der Waals surface area contributed by atoms with Crippen LogP contribution in [-0.2, 0) is 0 Å². The fourth-order valence-corrected chi connectivity index (χ4v) is 0.616. The average molecular weight is 110 g/mol. The van der Waals surface area contributed by atoms with Gasteiger partial charge in [0.1, 0.15) is 0 Å². The number of allylic oxidation sites excluding steroid dienone is 1. The monoisotopic (exact) mass is 110 g/mol. The molecule has 0 unspecified atom stereocenters. The van der Waals surface area contributed by atoms with Crippen LogP contribution >= 0.6 is 0 Å². The number of rotatable bonds is 5. The van der Waals surface area contributed by atoms with Crippen LogP contribution in [0.25, 0.3) is 0 Å². The summed E-state index contributed by atoms with van der Waals surface area (Å²) in [5.74, 6) is 0. The molecule has 0 fully saturated rings. The lowest BCUT2D eigenvalue weighted by molar-refractivity contribution is 0.695. The summed E-state index contributed by atoms with van der Waals surface area (Å²) in [6, 6.07) is 0. The van der Waals surface area contributed by atoms with Crippen molar-refractivity contribution in [3.05, 3.63) is 19.6 Å². The van der Waals surface area contributed by atoms with Crippen LogP contribution in [0, 0.1) is 13.5 Å². The summed E-state index contributed by atoms with van der Waals surface area (Å²) >= 11 is 0. The normalized spacial score (nSPS) is 9.12. The van der Waals surface area contributed by atoms with Crippen molar-refractivity contribution < 1.29 is 0 Å². The Balaban J connectivity index is 2.62. The van der Waals surface area contributed by atoms with E-state index in [9.17, 15) is 0 Å². The standard InChI is InChI=1S/C8H14/c1-3-5-7-8-6-4-2/h1,3H,2,4-8H2. The first kappa shape index (κ1) is 7.74. The Labute approximate surface area is 52.6 Å². The Bertz CT molecular complexity index is 46.0. The lowest BCUT2D eigenvalue weighted by Crippen LogP contribution is -1.72. The van der Waals surface area contributed by atoms with Crippen LogP contribution in [0.3, 0.4) is 0 Å². The molecule has 0 nitrogen and oxygen atoms in total. The van der Waals surface area contributed by atoms with E-state index >= 15 is 0 Å². The molecule has 0 rings (SSSR count). The van der Waals surface area contributed by atoms with Crippen LogP contribution in [-0.4, -0.2) is 0 Å². The Morgan fingerprint density at radius 2 is 2.00 bits per heavy atom. The molecule has 0 aliphatic rings. The summed E-state index contributed by atoms with van der Waals surface area (Å²) in [5.41, 5.74) is 0. The zero-order valence-electron chi connectivity index (χ0n) is 5.40. The molecule has 0 aliphatic heterocycles.